The average Bonchev–Trinajstić information content (AvgIpc) is 3.59. The molecule has 250 valence electrons. The molecule has 9 nitrogen and oxygen atoms in total. The second-order valence-electron chi connectivity index (χ2n) is 12.6. The van der Waals surface area contributed by atoms with Gasteiger partial charge in [-0.25, -0.2) is 9.07 Å². The standard InChI is InChI=1S/C39H38FN5O4/c40-31-13-15-34(16-14-31)45-37(46)23-27-9-17-35(18-10-27)48-22-21-44-25-33(42-43-44)26-49-36-19-11-28(12-20-36)29-5-4-6-30(24-29)38(45)39(47)41-32-7-2-1-3-8-32/h4-6,9-20,24-25,32,38H,1-3,7-8,21-23,26H2,(H,41,47). The van der Waals surface area contributed by atoms with Crippen molar-refractivity contribution in [2.45, 2.75) is 63.8 Å². The van der Waals surface area contributed by atoms with E-state index in [4.69, 9.17) is 9.47 Å². The summed E-state index contributed by atoms with van der Waals surface area (Å²) >= 11 is 0. The van der Waals surface area contributed by atoms with Gasteiger partial charge in [-0.2, -0.15) is 0 Å². The highest BCUT2D eigenvalue weighted by Crippen LogP contribution is 2.33. The molecule has 1 N–H and O–H groups in total. The SMILES string of the molecule is O=C(NC1CCCCC1)C1c2cccc(c2)-c2ccc(cc2)OCc2cn(nn2)CCOc2ccc(cc2)CC(=O)N1c1ccc(F)cc1. The molecular formula is C39H38FN5O4. The molecular weight excluding hydrogens is 621 g/mol. The average molecular weight is 660 g/mol. The first-order valence-electron chi connectivity index (χ1n) is 16.8. The number of nitrogens with zero attached hydrogens (tertiary/aromatic N) is 4. The molecule has 1 atom stereocenters. The minimum atomic E-state index is -1.00. The van der Waals surface area contributed by atoms with Gasteiger partial charge in [0, 0.05) is 11.7 Å². The van der Waals surface area contributed by atoms with E-state index in [1.165, 1.54) is 17.0 Å². The number of hydrogen-bond acceptors (Lipinski definition) is 6. The molecule has 1 fully saturated rings. The first kappa shape index (κ1) is 32.1. The fraction of sp³-hybridized carbons (Fsp3) is 0.282. The number of carbonyl (C=O) groups is 2. The zero-order chi connectivity index (χ0) is 33.6. The quantitative estimate of drug-likeness (QED) is 0.228. The number of hydrogen-bond donors (Lipinski definition) is 1. The smallest absolute Gasteiger partial charge is 0.248 e. The molecule has 0 saturated heterocycles. The van der Waals surface area contributed by atoms with Gasteiger partial charge in [-0.3, -0.25) is 14.5 Å². The normalized spacial score (nSPS) is 17.3. The third kappa shape index (κ3) is 7.80. The summed E-state index contributed by atoms with van der Waals surface area (Å²) in [5.41, 5.74) is 4.34. The van der Waals surface area contributed by atoms with Crippen LogP contribution >= 0.6 is 0 Å². The molecule has 5 aromatic rings. The summed E-state index contributed by atoms with van der Waals surface area (Å²) in [7, 11) is 0. The van der Waals surface area contributed by atoms with E-state index in [-0.39, 0.29) is 30.9 Å². The molecule has 0 radical (unpaired) electrons. The van der Waals surface area contributed by atoms with Crippen molar-refractivity contribution in [3.63, 3.8) is 0 Å². The van der Waals surface area contributed by atoms with E-state index < -0.39 is 11.9 Å². The molecule has 1 aliphatic carbocycles. The highest BCUT2D eigenvalue weighted by atomic mass is 19.1. The minimum Gasteiger partial charge on any atom is -0.492 e. The van der Waals surface area contributed by atoms with Gasteiger partial charge in [-0.15, -0.1) is 5.10 Å². The number of aromatic nitrogens is 3. The van der Waals surface area contributed by atoms with Crippen LogP contribution in [-0.4, -0.2) is 39.5 Å². The molecule has 4 aliphatic heterocycles. The molecule has 5 aliphatic rings. The number of benzene rings is 4. The summed E-state index contributed by atoms with van der Waals surface area (Å²) in [5.74, 6) is 0.340. The van der Waals surface area contributed by atoms with E-state index in [0.29, 0.717) is 41.6 Å². The van der Waals surface area contributed by atoms with Crippen LogP contribution in [0.3, 0.4) is 0 Å². The number of nitrogens with one attached hydrogen (secondary N) is 1. The van der Waals surface area contributed by atoms with Crippen LogP contribution < -0.4 is 19.7 Å². The molecule has 4 aromatic carbocycles. The molecule has 5 heterocycles. The van der Waals surface area contributed by atoms with Gasteiger partial charge in [-0.05, 0) is 89.7 Å². The van der Waals surface area contributed by atoms with Crippen LogP contribution in [0.1, 0.15) is 55.0 Å². The zero-order valence-corrected chi connectivity index (χ0v) is 27.1. The van der Waals surface area contributed by atoms with Crippen LogP contribution in [0.25, 0.3) is 11.1 Å². The predicted molar refractivity (Wildman–Crippen MR) is 184 cm³/mol. The lowest BCUT2D eigenvalue weighted by atomic mass is 9.93. The van der Waals surface area contributed by atoms with Gasteiger partial charge in [0.1, 0.15) is 42.3 Å². The molecule has 10 heteroatoms. The van der Waals surface area contributed by atoms with Crippen molar-refractivity contribution in [2.75, 3.05) is 11.5 Å². The summed E-state index contributed by atoms with van der Waals surface area (Å²) in [4.78, 5) is 30.3. The number of ether oxygens (including phenoxy) is 2. The Kier molecular flexibility index (Phi) is 9.63. The lowest BCUT2D eigenvalue weighted by Crippen LogP contribution is -2.47. The lowest BCUT2D eigenvalue weighted by Gasteiger charge is -2.34. The molecule has 8 bridgehead atoms. The lowest BCUT2D eigenvalue weighted by molar-refractivity contribution is -0.127. The largest absolute Gasteiger partial charge is 0.492 e. The van der Waals surface area contributed by atoms with E-state index in [0.717, 1.165) is 48.8 Å². The maximum Gasteiger partial charge on any atom is 0.248 e. The maximum atomic E-state index is 14.4. The van der Waals surface area contributed by atoms with E-state index >= 15 is 0 Å². The van der Waals surface area contributed by atoms with Crippen molar-refractivity contribution in [3.05, 3.63) is 126 Å². The third-order valence-electron chi connectivity index (χ3n) is 9.06. The Bertz CT molecular complexity index is 1890. The monoisotopic (exact) mass is 659 g/mol. The van der Waals surface area contributed by atoms with Gasteiger partial charge in [0.2, 0.25) is 11.8 Å². The summed E-state index contributed by atoms with van der Waals surface area (Å²) in [6.07, 6.45) is 6.88. The van der Waals surface area contributed by atoms with Crippen molar-refractivity contribution in [3.8, 4) is 22.6 Å². The van der Waals surface area contributed by atoms with Crippen molar-refractivity contribution in [1.29, 1.82) is 0 Å². The molecule has 1 unspecified atom stereocenters. The van der Waals surface area contributed by atoms with Crippen LogP contribution in [-0.2, 0) is 29.2 Å². The Balaban J connectivity index is 1.30. The zero-order valence-electron chi connectivity index (χ0n) is 27.1. The number of rotatable bonds is 3. The number of amides is 2. The van der Waals surface area contributed by atoms with E-state index in [9.17, 15) is 14.0 Å². The van der Waals surface area contributed by atoms with Crippen LogP contribution in [0.15, 0.2) is 103 Å². The van der Waals surface area contributed by atoms with Crippen molar-refractivity contribution in [1.82, 2.24) is 20.3 Å². The summed E-state index contributed by atoms with van der Waals surface area (Å²) in [5, 5.41) is 11.7. The van der Waals surface area contributed by atoms with Crippen molar-refractivity contribution < 1.29 is 23.5 Å². The number of carbonyl (C=O) groups excluding carboxylic acids is 2. The maximum absolute atomic E-state index is 14.4. The van der Waals surface area contributed by atoms with Gasteiger partial charge in [-0.1, -0.05) is 66.9 Å². The first-order valence-corrected chi connectivity index (χ1v) is 16.8. The Morgan fingerprint density at radius 2 is 1.57 bits per heavy atom. The Morgan fingerprint density at radius 3 is 2.35 bits per heavy atom. The highest BCUT2D eigenvalue weighted by molar-refractivity contribution is 6.02. The second-order valence-corrected chi connectivity index (χ2v) is 12.6. The Labute approximate surface area is 284 Å². The van der Waals surface area contributed by atoms with Crippen LogP contribution in [0.5, 0.6) is 11.5 Å². The Hall–Kier alpha value is -5.51. The van der Waals surface area contributed by atoms with Crippen LogP contribution in [0.4, 0.5) is 10.1 Å². The van der Waals surface area contributed by atoms with E-state index in [2.05, 4.69) is 15.6 Å². The number of halogens is 1. The molecule has 2 amide bonds. The van der Waals surface area contributed by atoms with Gasteiger partial charge in [0.15, 0.2) is 0 Å². The van der Waals surface area contributed by atoms with Gasteiger partial charge in [0.25, 0.3) is 0 Å². The van der Waals surface area contributed by atoms with Crippen LogP contribution in [0, 0.1) is 5.82 Å². The first-order chi connectivity index (χ1) is 24.0. The fourth-order valence-corrected chi connectivity index (χ4v) is 6.51. The third-order valence-corrected chi connectivity index (χ3v) is 9.06. The molecule has 49 heavy (non-hydrogen) atoms. The molecule has 0 spiro atoms. The fourth-order valence-electron chi connectivity index (χ4n) is 6.51. The van der Waals surface area contributed by atoms with Gasteiger partial charge >= 0.3 is 0 Å². The summed E-state index contributed by atoms with van der Waals surface area (Å²) < 4.78 is 27.8. The predicted octanol–water partition coefficient (Wildman–Crippen LogP) is 6.82. The van der Waals surface area contributed by atoms with E-state index in [1.807, 2.05) is 79.0 Å². The second kappa shape index (κ2) is 14.7. The molecule has 10 rings (SSSR count). The number of anilines is 1. The van der Waals surface area contributed by atoms with Gasteiger partial charge in [0.05, 0.1) is 19.2 Å². The molecule has 1 saturated carbocycles. The van der Waals surface area contributed by atoms with E-state index in [1.54, 1.807) is 16.8 Å². The summed E-state index contributed by atoms with van der Waals surface area (Å²) in [6.45, 7) is 1.14. The van der Waals surface area contributed by atoms with Crippen LogP contribution in [0.2, 0.25) is 0 Å². The highest BCUT2D eigenvalue weighted by Gasteiger charge is 2.34. The topological polar surface area (TPSA) is 98.6 Å². The van der Waals surface area contributed by atoms with Gasteiger partial charge < -0.3 is 14.8 Å². The molecule has 1 aromatic heterocycles. The minimum absolute atomic E-state index is 0.0216. The summed E-state index contributed by atoms with van der Waals surface area (Å²) in [6, 6.07) is 27.5. The Morgan fingerprint density at radius 1 is 0.837 bits per heavy atom. The van der Waals surface area contributed by atoms with Crippen molar-refractivity contribution in [2.24, 2.45) is 0 Å². The van der Waals surface area contributed by atoms with Crippen molar-refractivity contribution >= 4 is 17.5 Å².